The lowest BCUT2D eigenvalue weighted by Gasteiger charge is -2.56. The number of rotatable bonds is 13. The molecule has 218 valence electrons. The topological polar surface area (TPSA) is 249 Å². The zero-order valence-electron chi connectivity index (χ0n) is 21.1. The molecule has 0 spiro atoms. The van der Waals surface area contributed by atoms with Crippen LogP contribution in [0.5, 0.6) is 5.75 Å². The first-order chi connectivity index (χ1) is 19.5. The van der Waals surface area contributed by atoms with Gasteiger partial charge in [-0.3, -0.25) is 19.3 Å². The van der Waals surface area contributed by atoms with Crippen LogP contribution in [0.1, 0.15) is 11.6 Å². The summed E-state index contributed by atoms with van der Waals surface area (Å²) in [6.45, 7) is -1.03. The van der Waals surface area contributed by atoms with E-state index < -0.39 is 60.0 Å². The van der Waals surface area contributed by atoms with Crippen molar-refractivity contribution in [2.45, 2.75) is 28.8 Å². The van der Waals surface area contributed by atoms with E-state index in [1.165, 1.54) is 31.4 Å². The van der Waals surface area contributed by atoms with Gasteiger partial charge in [-0.05, 0) is 33.7 Å². The second-order valence-corrected chi connectivity index (χ2v) is 10.6. The average Bonchev–Trinajstić information content (AvgIpc) is 3.38. The number of aliphatic carboxylic acids is 3. The fourth-order valence-electron chi connectivity index (χ4n) is 4.06. The Balaban J connectivity index is 1.48. The van der Waals surface area contributed by atoms with Gasteiger partial charge in [0.15, 0.2) is 6.61 Å². The highest BCUT2D eigenvalue weighted by Gasteiger charge is 2.66. The largest absolute Gasteiger partial charge is 0.482 e. The van der Waals surface area contributed by atoms with E-state index in [4.69, 9.17) is 25.4 Å². The number of thioether (sulfide) groups is 2. The van der Waals surface area contributed by atoms with E-state index >= 15 is 0 Å². The Morgan fingerprint density at radius 3 is 2.54 bits per heavy atom. The lowest BCUT2D eigenvalue weighted by atomic mass is 9.97. The van der Waals surface area contributed by atoms with Crippen molar-refractivity contribution < 1.29 is 48.8 Å². The molecule has 1 aromatic carbocycles. The lowest BCUT2D eigenvalue weighted by Crippen LogP contribution is -2.81. The lowest BCUT2D eigenvalue weighted by molar-refractivity contribution is -0.192. The Morgan fingerprint density at radius 2 is 1.93 bits per heavy atom. The summed E-state index contributed by atoms with van der Waals surface area (Å²) in [5.74, 6) is -4.82. The van der Waals surface area contributed by atoms with Crippen LogP contribution in [-0.2, 0) is 35.3 Å². The molecule has 19 heteroatoms. The molecule has 2 aliphatic heterocycles. The average molecular weight is 610 g/mol. The Bertz CT molecular complexity index is 1420. The number of carboxylic acid groups (broad SMARTS) is 3. The van der Waals surface area contributed by atoms with Gasteiger partial charge in [-0.1, -0.05) is 23.9 Å². The molecular formula is C22H23N7O10S2. The van der Waals surface area contributed by atoms with Crippen LogP contribution >= 0.6 is 23.5 Å². The molecule has 6 N–H and O–H groups in total. The fourth-order valence-corrected chi connectivity index (χ4v) is 6.52. The van der Waals surface area contributed by atoms with Crippen LogP contribution in [0.2, 0.25) is 0 Å². The molecule has 0 saturated carbocycles. The number of nitrogens with two attached hydrogens (primary N) is 1. The fraction of sp³-hybridized carbons (Fsp3) is 0.364. The van der Waals surface area contributed by atoms with Gasteiger partial charge in [-0.15, -0.1) is 16.9 Å². The van der Waals surface area contributed by atoms with Crippen LogP contribution in [0.3, 0.4) is 0 Å². The number of methoxy groups -OCH3 is 1. The van der Waals surface area contributed by atoms with E-state index in [0.717, 1.165) is 33.1 Å². The summed E-state index contributed by atoms with van der Waals surface area (Å²) in [7, 11) is 1.20. The van der Waals surface area contributed by atoms with Crippen molar-refractivity contribution in [3.63, 3.8) is 0 Å². The summed E-state index contributed by atoms with van der Waals surface area (Å²) in [5.41, 5.74) is 4.63. The first kappa shape index (κ1) is 29.8. The van der Waals surface area contributed by atoms with Crippen molar-refractivity contribution in [3.05, 3.63) is 41.1 Å². The van der Waals surface area contributed by atoms with Gasteiger partial charge in [0.05, 0.1) is 0 Å². The van der Waals surface area contributed by atoms with Gasteiger partial charge >= 0.3 is 17.9 Å². The van der Waals surface area contributed by atoms with Crippen molar-refractivity contribution in [1.29, 1.82) is 0 Å². The van der Waals surface area contributed by atoms with Gasteiger partial charge in [0.25, 0.3) is 11.6 Å². The van der Waals surface area contributed by atoms with Crippen LogP contribution in [0.4, 0.5) is 0 Å². The minimum atomic E-state index is -1.88. The molecule has 17 nitrogen and oxygen atoms in total. The molecule has 0 radical (unpaired) electrons. The molecule has 1 unspecified atom stereocenters. The quantitative estimate of drug-likeness (QED) is 0.101. The van der Waals surface area contributed by atoms with E-state index in [1.54, 1.807) is 0 Å². The van der Waals surface area contributed by atoms with Crippen molar-refractivity contribution in [2.75, 3.05) is 25.2 Å². The Morgan fingerprint density at radius 1 is 1.22 bits per heavy atom. The molecule has 1 aromatic heterocycles. The smallest absolute Gasteiger partial charge is 0.352 e. The number of carbonyl (C=O) groups is 5. The van der Waals surface area contributed by atoms with Crippen LogP contribution < -0.4 is 15.8 Å². The number of amides is 2. The molecule has 4 rings (SSSR count). The van der Waals surface area contributed by atoms with Crippen LogP contribution in [0.15, 0.2) is 40.7 Å². The Hall–Kier alpha value is -4.20. The highest BCUT2D eigenvalue weighted by atomic mass is 32.2. The maximum Gasteiger partial charge on any atom is 0.352 e. The number of aromatic nitrogens is 4. The van der Waals surface area contributed by atoms with Gasteiger partial charge in [-0.25, -0.2) is 14.3 Å². The number of ether oxygens (including phenoxy) is 2. The summed E-state index contributed by atoms with van der Waals surface area (Å²) in [6, 6.07) is 4.56. The molecule has 2 aromatic rings. The molecule has 41 heavy (non-hydrogen) atoms. The zero-order chi connectivity index (χ0) is 29.9. The molecule has 1 fully saturated rings. The first-order valence-electron chi connectivity index (χ1n) is 11.6. The number of benzene rings is 1. The van der Waals surface area contributed by atoms with Gasteiger partial charge < -0.3 is 35.8 Å². The molecule has 1 saturated heterocycles. The van der Waals surface area contributed by atoms with Crippen molar-refractivity contribution >= 4 is 53.2 Å². The molecule has 2 aliphatic rings. The van der Waals surface area contributed by atoms with Crippen molar-refractivity contribution in [1.82, 2.24) is 30.4 Å². The number of hydrogen-bond donors (Lipinski definition) is 5. The summed E-state index contributed by atoms with van der Waals surface area (Å²) in [6.07, 6.45) is 0. The van der Waals surface area contributed by atoms with Gasteiger partial charge in [0.1, 0.15) is 29.4 Å². The molecular weight excluding hydrogens is 586 g/mol. The van der Waals surface area contributed by atoms with Gasteiger partial charge in [0, 0.05) is 18.6 Å². The van der Waals surface area contributed by atoms with Crippen molar-refractivity contribution in [3.8, 4) is 5.75 Å². The standard InChI is InChI=1S/C22H23N7O10S2/c1-38-22(24-17(34)15(23)10-2-4-12(5-3-10)39-7-14(32)33)19(37)29-16(18(35)36)11(8-40-20(22)29)9-41-21-25-26-27-28(21)6-13(30)31/h2-5,15,20H,6-9,23H2,1H3,(H,24,34)(H,30,31)(H,32,33)(H,35,36)/t15?,20-,22-/m0/s1. The number of β-lactam (4-membered cyclic amide) rings is 1. The highest BCUT2D eigenvalue weighted by molar-refractivity contribution is 8.01. The molecule has 3 atom stereocenters. The number of fused-ring (bicyclic) bond motifs is 1. The maximum absolute atomic E-state index is 13.3. The van der Waals surface area contributed by atoms with Crippen LogP contribution in [-0.4, -0.2) is 106 Å². The summed E-state index contributed by atoms with van der Waals surface area (Å²) < 4.78 is 11.5. The predicted molar refractivity (Wildman–Crippen MR) is 138 cm³/mol. The molecule has 2 amide bonds. The second-order valence-electron chi connectivity index (χ2n) is 8.56. The van der Waals surface area contributed by atoms with Crippen molar-refractivity contribution in [2.24, 2.45) is 5.73 Å². The number of carbonyl (C=O) groups excluding carboxylic acids is 2. The van der Waals surface area contributed by atoms with E-state index in [-0.39, 0.29) is 28.1 Å². The van der Waals surface area contributed by atoms with Gasteiger partial charge in [-0.2, -0.15) is 0 Å². The van der Waals surface area contributed by atoms with E-state index in [1.807, 2.05) is 0 Å². The second kappa shape index (κ2) is 12.1. The third-order valence-electron chi connectivity index (χ3n) is 5.99. The summed E-state index contributed by atoms with van der Waals surface area (Å²) in [5, 5.41) is 40.2. The Labute approximate surface area is 239 Å². The monoisotopic (exact) mass is 609 g/mol. The summed E-state index contributed by atoms with van der Waals surface area (Å²) in [4.78, 5) is 61.3. The SMILES string of the molecule is CO[C@@]1(NC(=O)C(N)c2ccc(OCC(=O)O)cc2)C(=O)N2C(C(=O)O)=C(CSc3nnnn3CC(=O)O)CS[C@H]21. The minimum absolute atomic E-state index is 0.0501. The number of nitrogens with one attached hydrogen (secondary N) is 1. The highest BCUT2D eigenvalue weighted by Crippen LogP contribution is 2.47. The zero-order valence-corrected chi connectivity index (χ0v) is 22.8. The number of tetrazole rings is 1. The van der Waals surface area contributed by atoms with E-state index in [0.29, 0.717) is 11.1 Å². The van der Waals surface area contributed by atoms with E-state index in [2.05, 4.69) is 20.8 Å². The van der Waals surface area contributed by atoms with Crippen LogP contribution in [0, 0.1) is 0 Å². The first-order valence-corrected chi connectivity index (χ1v) is 13.6. The normalized spacial score (nSPS) is 20.6. The number of carboxylic acids is 3. The summed E-state index contributed by atoms with van der Waals surface area (Å²) >= 11 is 2.17. The van der Waals surface area contributed by atoms with E-state index in [9.17, 15) is 29.1 Å². The third kappa shape index (κ3) is 5.97. The molecule has 0 aliphatic carbocycles. The predicted octanol–water partition coefficient (Wildman–Crippen LogP) is -1.27. The van der Waals surface area contributed by atoms with Gasteiger partial charge in [0.2, 0.25) is 11.1 Å². The minimum Gasteiger partial charge on any atom is -0.482 e. The Kier molecular flexibility index (Phi) is 8.80. The maximum atomic E-state index is 13.3. The molecule has 0 bridgehead atoms. The van der Waals surface area contributed by atoms with Crippen LogP contribution in [0.25, 0.3) is 0 Å². The third-order valence-corrected chi connectivity index (χ3v) is 8.40. The molecule has 3 heterocycles. The number of hydrogen-bond acceptors (Lipinski definition) is 13. The number of nitrogens with zero attached hydrogens (tertiary/aromatic N) is 5.